The highest BCUT2D eigenvalue weighted by atomic mass is 16.3. The minimum absolute atomic E-state index is 0.0211. The third kappa shape index (κ3) is 3.33. The number of hydrogen-bond donors (Lipinski definition) is 3. The Bertz CT molecular complexity index is 446. The van der Waals surface area contributed by atoms with E-state index >= 15 is 0 Å². The molecule has 1 aromatic carbocycles. The highest BCUT2D eigenvalue weighted by Crippen LogP contribution is 2.16. The van der Waals surface area contributed by atoms with Crippen LogP contribution in [-0.4, -0.2) is 29.7 Å². The maximum Gasteiger partial charge on any atom is 0.237 e. The number of carbonyl (C=O) groups excluding carboxylic acids is 1. The molecule has 0 bridgehead atoms. The van der Waals surface area contributed by atoms with Gasteiger partial charge in [0, 0.05) is 6.54 Å². The smallest absolute Gasteiger partial charge is 0.237 e. The molecule has 0 aromatic heterocycles. The van der Waals surface area contributed by atoms with Crippen LogP contribution in [0.3, 0.4) is 0 Å². The van der Waals surface area contributed by atoms with E-state index in [1.165, 1.54) is 11.1 Å². The fraction of sp³-hybridized carbons (Fsp3) is 0.533. The first-order chi connectivity index (χ1) is 9.11. The van der Waals surface area contributed by atoms with Crippen LogP contribution in [0.4, 0.5) is 0 Å². The summed E-state index contributed by atoms with van der Waals surface area (Å²) in [6, 6.07) is 7.79. The van der Waals surface area contributed by atoms with Gasteiger partial charge in [-0.05, 0) is 23.5 Å². The van der Waals surface area contributed by atoms with Crippen LogP contribution < -0.4 is 10.6 Å². The number of amides is 1. The second kappa shape index (κ2) is 6.17. The highest BCUT2D eigenvalue weighted by molar-refractivity contribution is 5.82. The number of rotatable bonds is 4. The number of aliphatic hydroxyl groups is 1. The largest absolute Gasteiger partial charge is 0.394 e. The van der Waals surface area contributed by atoms with Crippen molar-refractivity contribution in [2.24, 2.45) is 5.92 Å². The summed E-state index contributed by atoms with van der Waals surface area (Å²) in [5.74, 6) is 0.201. The SMILES string of the molecule is CC(C)[C@@H](CO)NC(=O)C1Cc2ccccc2CN1. The Morgan fingerprint density at radius 2 is 2.11 bits per heavy atom. The molecule has 1 heterocycles. The highest BCUT2D eigenvalue weighted by Gasteiger charge is 2.26. The number of aliphatic hydroxyl groups excluding tert-OH is 1. The Hall–Kier alpha value is -1.39. The molecule has 4 heteroatoms. The number of benzene rings is 1. The van der Waals surface area contributed by atoms with Crippen LogP contribution in [0.2, 0.25) is 0 Å². The summed E-state index contributed by atoms with van der Waals surface area (Å²) in [5, 5.41) is 15.4. The van der Waals surface area contributed by atoms with E-state index in [4.69, 9.17) is 0 Å². The molecule has 1 amide bonds. The molecule has 1 aromatic rings. The van der Waals surface area contributed by atoms with Crippen molar-refractivity contribution in [1.29, 1.82) is 0 Å². The summed E-state index contributed by atoms with van der Waals surface area (Å²) < 4.78 is 0. The minimum Gasteiger partial charge on any atom is -0.394 e. The van der Waals surface area contributed by atoms with Crippen molar-refractivity contribution in [3.05, 3.63) is 35.4 Å². The number of carbonyl (C=O) groups is 1. The molecule has 2 atom stereocenters. The van der Waals surface area contributed by atoms with Crippen LogP contribution in [0, 0.1) is 5.92 Å². The molecule has 2 rings (SSSR count). The Kier molecular flexibility index (Phi) is 4.56. The first-order valence-electron chi connectivity index (χ1n) is 6.83. The topological polar surface area (TPSA) is 61.4 Å². The standard InChI is InChI=1S/C15H22N2O2/c1-10(2)14(9-18)17-15(19)13-7-11-5-3-4-6-12(11)8-16-13/h3-6,10,13-14,16,18H,7-9H2,1-2H3,(H,17,19)/t13?,14-/m1/s1. The van der Waals surface area contributed by atoms with E-state index in [9.17, 15) is 9.90 Å². The summed E-state index contributed by atoms with van der Waals surface area (Å²) in [7, 11) is 0. The molecular formula is C15H22N2O2. The average Bonchev–Trinajstić information content (AvgIpc) is 2.43. The van der Waals surface area contributed by atoms with E-state index in [-0.39, 0.29) is 30.5 Å². The van der Waals surface area contributed by atoms with Gasteiger partial charge in [-0.25, -0.2) is 0 Å². The van der Waals surface area contributed by atoms with Gasteiger partial charge in [0.15, 0.2) is 0 Å². The maximum absolute atomic E-state index is 12.2. The van der Waals surface area contributed by atoms with E-state index in [1.807, 2.05) is 26.0 Å². The molecule has 1 unspecified atom stereocenters. The molecule has 3 N–H and O–H groups in total. The van der Waals surface area contributed by atoms with Crippen molar-refractivity contribution < 1.29 is 9.90 Å². The van der Waals surface area contributed by atoms with Crippen molar-refractivity contribution in [2.75, 3.05) is 6.61 Å². The van der Waals surface area contributed by atoms with Crippen LogP contribution >= 0.6 is 0 Å². The molecule has 1 aliphatic heterocycles. The normalized spacial score (nSPS) is 19.9. The minimum atomic E-state index is -0.206. The second-order valence-corrected chi connectivity index (χ2v) is 5.45. The third-order valence-electron chi connectivity index (χ3n) is 3.73. The zero-order valence-corrected chi connectivity index (χ0v) is 11.5. The van der Waals surface area contributed by atoms with Gasteiger partial charge in [-0.2, -0.15) is 0 Å². The molecular weight excluding hydrogens is 240 g/mol. The molecule has 0 saturated heterocycles. The third-order valence-corrected chi connectivity index (χ3v) is 3.73. The van der Waals surface area contributed by atoms with Gasteiger partial charge >= 0.3 is 0 Å². The molecule has 19 heavy (non-hydrogen) atoms. The molecule has 0 fully saturated rings. The number of fused-ring (bicyclic) bond motifs is 1. The van der Waals surface area contributed by atoms with Crippen molar-refractivity contribution in [2.45, 2.75) is 38.9 Å². The predicted molar refractivity (Wildman–Crippen MR) is 74.6 cm³/mol. The van der Waals surface area contributed by atoms with Gasteiger partial charge < -0.3 is 15.7 Å². The van der Waals surface area contributed by atoms with E-state index in [2.05, 4.69) is 22.8 Å². The van der Waals surface area contributed by atoms with Crippen molar-refractivity contribution >= 4 is 5.91 Å². The summed E-state index contributed by atoms with van der Waals surface area (Å²) in [6.45, 7) is 4.68. The van der Waals surface area contributed by atoms with E-state index in [0.29, 0.717) is 6.42 Å². The molecule has 0 saturated carbocycles. The molecule has 1 aliphatic rings. The lowest BCUT2D eigenvalue weighted by atomic mass is 9.95. The Morgan fingerprint density at radius 1 is 1.42 bits per heavy atom. The predicted octanol–water partition coefficient (Wildman–Crippen LogP) is 0.834. The van der Waals surface area contributed by atoms with Crippen LogP contribution in [-0.2, 0) is 17.8 Å². The van der Waals surface area contributed by atoms with Crippen molar-refractivity contribution in [3.8, 4) is 0 Å². The Balaban J connectivity index is 1.99. The van der Waals surface area contributed by atoms with E-state index in [1.54, 1.807) is 0 Å². The summed E-state index contributed by atoms with van der Waals surface area (Å²) in [6.07, 6.45) is 0.707. The maximum atomic E-state index is 12.2. The molecule has 0 radical (unpaired) electrons. The first kappa shape index (κ1) is 14.0. The second-order valence-electron chi connectivity index (χ2n) is 5.45. The van der Waals surface area contributed by atoms with E-state index in [0.717, 1.165) is 6.54 Å². The summed E-state index contributed by atoms with van der Waals surface area (Å²) in [4.78, 5) is 12.2. The fourth-order valence-electron chi connectivity index (χ4n) is 2.35. The summed E-state index contributed by atoms with van der Waals surface area (Å²) in [5.41, 5.74) is 2.49. The Labute approximate surface area is 114 Å². The van der Waals surface area contributed by atoms with Gasteiger partial charge in [-0.3, -0.25) is 4.79 Å². The molecule has 4 nitrogen and oxygen atoms in total. The lowest BCUT2D eigenvalue weighted by Crippen LogP contribution is -2.52. The van der Waals surface area contributed by atoms with Crippen LogP contribution in [0.5, 0.6) is 0 Å². The molecule has 0 aliphatic carbocycles. The lowest BCUT2D eigenvalue weighted by molar-refractivity contribution is -0.124. The van der Waals surface area contributed by atoms with Crippen LogP contribution in [0.1, 0.15) is 25.0 Å². The zero-order chi connectivity index (χ0) is 13.8. The Morgan fingerprint density at radius 3 is 2.74 bits per heavy atom. The zero-order valence-electron chi connectivity index (χ0n) is 11.5. The molecule has 104 valence electrons. The monoisotopic (exact) mass is 262 g/mol. The van der Waals surface area contributed by atoms with Gasteiger partial charge in [0.1, 0.15) is 0 Å². The number of nitrogens with one attached hydrogen (secondary N) is 2. The quantitative estimate of drug-likeness (QED) is 0.753. The van der Waals surface area contributed by atoms with Gasteiger partial charge in [0.05, 0.1) is 18.7 Å². The lowest BCUT2D eigenvalue weighted by Gasteiger charge is -2.28. The van der Waals surface area contributed by atoms with Crippen molar-refractivity contribution in [1.82, 2.24) is 10.6 Å². The first-order valence-corrected chi connectivity index (χ1v) is 6.83. The van der Waals surface area contributed by atoms with Gasteiger partial charge in [-0.1, -0.05) is 38.1 Å². The molecule has 0 spiro atoms. The number of hydrogen-bond acceptors (Lipinski definition) is 3. The van der Waals surface area contributed by atoms with E-state index < -0.39 is 0 Å². The van der Waals surface area contributed by atoms with Crippen LogP contribution in [0.15, 0.2) is 24.3 Å². The average molecular weight is 262 g/mol. The van der Waals surface area contributed by atoms with Gasteiger partial charge in [0.25, 0.3) is 0 Å². The van der Waals surface area contributed by atoms with Gasteiger partial charge in [-0.15, -0.1) is 0 Å². The summed E-state index contributed by atoms with van der Waals surface area (Å²) >= 11 is 0. The fourth-order valence-corrected chi connectivity index (χ4v) is 2.35. The van der Waals surface area contributed by atoms with Crippen molar-refractivity contribution in [3.63, 3.8) is 0 Å². The van der Waals surface area contributed by atoms with Crippen LogP contribution in [0.25, 0.3) is 0 Å². The van der Waals surface area contributed by atoms with Gasteiger partial charge in [0.2, 0.25) is 5.91 Å².